The third-order valence-corrected chi connectivity index (χ3v) is 3.83. The predicted molar refractivity (Wildman–Crippen MR) is 101 cm³/mol. The van der Waals surface area contributed by atoms with Crippen molar-refractivity contribution in [2.45, 2.75) is 0 Å². The molecule has 0 atom stereocenters. The zero-order chi connectivity index (χ0) is 19.8. The number of esters is 1. The van der Waals surface area contributed by atoms with Crippen LogP contribution >= 0.6 is 23.2 Å². The predicted octanol–water partition coefficient (Wildman–Crippen LogP) is 2.91. The summed E-state index contributed by atoms with van der Waals surface area (Å²) in [5.74, 6) is -1.04. The standard InChI is InChI=1S/C18H16Cl2N2O5/c1-26-17(24)9-21-18(25)11-2-5-13(6-3-11)22-16(23)10-27-15-7-4-12(19)8-14(15)20/h2-8H,9-10H2,1H3,(H,21,25)(H,22,23). The van der Waals surface area contributed by atoms with Crippen molar-refractivity contribution in [3.8, 4) is 5.75 Å². The quantitative estimate of drug-likeness (QED) is 0.684. The molecule has 0 saturated heterocycles. The average molecular weight is 411 g/mol. The van der Waals surface area contributed by atoms with E-state index in [-0.39, 0.29) is 13.2 Å². The molecular formula is C18H16Cl2N2O5. The van der Waals surface area contributed by atoms with E-state index < -0.39 is 17.8 Å². The summed E-state index contributed by atoms with van der Waals surface area (Å²) in [5, 5.41) is 5.81. The van der Waals surface area contributed by atoms with E-state index in [1.165, 1.54) is 25.3 Å². The van der Waals surface area contributed by atoms with E-state index in [9.17, 15) is 14.4 Å². The number of carbonyl (C=O) groups excluding carboxylic acids is 3. The number of benzene rings is 2. The van der Waals surface area contributed by atoms with Crippen LogP contribution in [-0.2, 0) is 14.3 Å². The van der Waals surface area contributed by atoms with Gasteiger partial charge in [0.25, 0.3) is 11.8 Å². The van der Waals surface area contributed by atoms with Crippen LogP contribution in [-0.4, -0.2) is 38.0 Å². The highest BCUT2D eigenvalue weighted by Crippen LogP contribution is 2.27. The van der Waals surface area contributed by atoms with Crippen LogP contribution in [0.25, 0.3) is 0 Å². The summed E-state index contributed by atoms with van der Waals surface area (Å²) in [6.45, 7) is -0.471. The van der Waals surface area contributed by atoms with Crippen molar-refractivity contribution in [3.63, 3.8) is 0 Å². The summed E-state index contributed by atoms with van der Waals surface area (Å²) in [6, 6.07) is 10.8. The first-order chi connectivity index (χ1) is 12.9. The van der Waals surface area contributed by atoms with Gasteiger partial charge in [-0.05, 0) is 42.5 Å². The molecule has 0 bridgehead atoms. The lowest BCUT2D eigenvalue weighted by atomic mass is 10.2. The summed E-state index contributed by atoms with van der Waals surface area (Å²) >= 11 is 11.8. The third kappa shape index (κ3) is 6.47. The van der Waals surface area contributed by atoms with E-state index >= 15 is 0 Å². The van der Waals surface area contributed by atoms with Crippen LogP contribution in [0.1, 0.15) is 10.4 Å². The Balaban J connectivity index is 1.85. The van der Waals surface area contributed by atoms with E-state index in [2.05, 4.69) is 15.4 Å². The molecule has 0 aliphatic heterocycles. The maximum Gasteiger partial charge on any atom is 0.325 e. The van der Waals surface area contributed by atoms with Crippen molar-refractivity contribution >= 4 is 46.7 Å². The van der Waals surface area contributed by atoms with Gasteiger partial charge in [0.15, 0.2) is 6.61 Å². The molecule has 0 aromatic heterocycles. The van der Waals surface area contributed by atoms with Gasteiger partial charge in [-0.2, -0.15) is 0 Å². The topological polar surface area (TPSA) is 93.7 Å². The van der Waals surface area contributed by atoms with Crippen LogP contribution in [0.2, 0.25) is 10.0 Å². The van der Waals surface area contributed by atoms with Crippen molar-refractivity contribution in [1.82, 2.24) is 5.32 Å². The number of ether oxygens (including phenoxy) is 2. The fraction of sp³-hybridized carbons (Fsp3) is 0.167. The van der Waals surface area contributed by atoms with Gasteiger partial charge in [-0.15, -0.1) is 0 Å². The molecule has 2 aromatic rings. The maximum absolute atomic E-state index is 12.0. The van der Waals surface area contributed by atoms with E-state index in [4.69, 9.17) is 27.9 Å². The highest BCUT2D eigenvalue weighted by atomic mass is 35.5. The molecule has 142 valence electrons. The lowest BCUT2D eigenvalue weighted by molar-refractivity contribution is -0.139. The molecule has 0 aliphatic carbocycles. The van der Waals surface area contributed by atoms with Crippen molar-refractivity contribution < 1.29 is 23.9 Å². The van der Waals surface area contributed by atoms with Crippen molar-refractivity contribution in [2.75, 3.05) is 25.6 Å². The monoisotopic (exact) mass is 410 g/mol. The number of anilines is 1. The molecule has 0 saturated carbocycles. The number of rotatable bonds is 7. The zero-order valence-corrected chi connectivity index (χ0v) is 15.8. The number of nitrogens with one attached hydrogen (secondary N) is 2. The second-order valence-corrected chi connectivity index (χ2v) is 6.09. The molecule has 0 spiro atoms. The first-order valence-corrected chi connectivity index (χ1v) is 8.47. The summed E-state index contributed by atoms with van der Waals surface area (Å²) in [7, 11) is 1.23. The van der Waals surface area contributed by atoms with Crippen LogP contribution in [0.4, 0.5) is 5.69 Å². The number of halogens is 2. The number of amides is 2. The fourth-order valence-electron chi connectivity index (χ4n) is 1.96. The van der Waals surface area contributed by atoms with Gasteiger partial charge >= 0.3 is 5.97 Å². The Bertz CT molecular complexity index is 840. The molecule has 9 heteroatoms. The van der Waals surface area contributed by atoms with Gasteiger partial charge in [-0.1, -0.05) is 23.2 Å². The van der Waals surface area contributed by atoms with Gasteiger partial charge in [-0.25, -0.2) is 0 Å². The number of methoxy groups -OCH3 is 1. The average Bonchev–Trinajstić information content (AvgIpc) is 2.65. The number of carbonyl (C=O) groups is 3. The molecule has 0 aliphatic rings. The Morgan fingerprint density at radius 1 is 1.04 bits per heavy atom. The molecule has 2 rings (SSSR count). The Labute approximate surface area is 165 Å². The van der Waals surface area contributed by atoms with Gasteiger partial charge in [-0.3, -0.25) is 14.4 Å². The lowest BCUT2D eigenvalue weighted by Crippen LogP contribution is -2.30. The Morgan fingerprint density at radius 2 is 1.74 bits per heavy atom. The zero-order valence-electron chi connectivity index (χ0n) is 14.3. The fourth-order valence-corrected chi connectivity index (χ4v) is 2.43. The highest BCUT2D eigenvalue weighted by molar-refractivity contribution is 6.35. The van der Waals surface area contributed by atoms with Gasteiger partial charge in [0, 0.05) is 16.3 Å². The van der Waals surface area contributed by atoms with E-state index in [1.54, 1.807) is 24.3 Å². The molecule has 2 N–H and O–H groups in total. The molecule has 2 amide bonds. The summed E-state index contributed by atoms with van der Waals surface area (Å²) in [5.41, 5.74) is 0.816. The molecular weight excluding hydrogens is 395 g/mol. The first kappa shape index (κ1) is 20.5. The summed E-state index contributed by atoms with van der Waals surface area (Å²) in [4.78, 5) is 34.8. The van der Waals surface area contributed by atoms with Crippen LogP contribution in [0, 0.1) is 0 Å². The molecule has 0 unspecified atom stereocenters. The van der Waals surface area contributed by atoms with Gasteiger partial charge < -0.3 is 20.1 Å². The van der Waals surface area contributed by atoms with Gasteiger partial charge in [0.1, 0.15) is 12.3 Å². The first-order valence-electron chi connectivity index (χ1n) is 7.72. The largest absolute Gasteiger partial charge is 0.482 e. The second-order valence-electron chi connectivity index (χ2n) is 5.25. The van der Waals surface area contributed by atoms with Gasteiger partial charge in [0.05, 0.1) is 12.1 Å². The Kier molecular flexibility index (Phi) is 7.45. The van der Waals surface area contributed by atoms with E-state index in [1.807, 2.05) is 0 Å². The number of hydrogen-bond donors (Lipinski definition) is 2. The minimum absolute atomic E-state index is 0.224. The smallest absolute Gasteiger partial charge is 0.325 e. The lowest BCUT2D eigenvalue weighted by Gasteiger charge is -2.09. The van der Waals surface area contributed by atoms with Crippen molar-refractivity contribution in [3.05, 3.63) is 58.1 Å². The Hall–Kier alpha value is -2.77. The van der Waals surface area contributed by atoms with Crippen molar-refractivity contribution in [1.29, 1.82) is 0 Å². The van der Waals surface area contributed by atoms with Crippen molar-refractivity contribution in [2.24, 2.45) is 0 Å². The van der Waals surface area contributed by atoms with Crippen LogP contribution in [0.5, 0.6) is 5.75 Å². The van der Waals surface area contributed by atoms with E-state index in [0.29, 0.717) is 27.0 Å². The number of hydrogen-bond acceptors (Lipinski definition) is 5. The van der Waals surface area contributed by atoms with Crippen LogP contribution in [0.3, 0.4) is 0 Å². The van der Waals surface area contributed by atoms with E-state index in [0.717, 1.165) is 0 Å². The molecule has 27 heavy (non-hydrogen) atoms. The third-order valence-electron chi connectivity index (χ3n) is 3.30. The highest BCUT2D eigenvalue weighted by Gasteiger charge is 2.10. The minimum Gasteiger partial charge on any atom is -0.482 e. The molecule has 0 fully saturated rings. The Morgan fingerprint density at radius 3 is 2.37 bits per heavy atom. The maximum atomic E-state index is 12.0. The summed E-state index contributed by atoms with van der Waals surface area (Å²) in [6.07, 6.45) is 0. The SMILES string of the molecule is COC(=O)CNC(=O)c1ccc(NC(=O)COc2ccc(Cl)cc2Cl)cc1. The molecule has 0 heterocycles. The summed E-state index contributed by atoms with van der Waals surface area (Å²) < 4.78 is 9.78. The minimum atomic E-state index is -0.548. The normalized spacial score (nSPS) is 10.0. The molecule has 2 aromatic carbocycles. The molecule has 0 radical (unpaired) electrons. The van der Waals surface area contributed by atoms with Gasteiger partial charge in [0.2, 0.25) is 0 Å². The van der Waals surface area contributed by atoms with Crippen LogP contribution in [0.15, 0.2) is 42.5 Å². The molecule has 7 nitrogen and oxygen atoms in total. The second kappa shape index (κ2) is 9.80. The van der Waals surface area contributed by atoms with Crippen LogP contribution < -0.4 is 15.4 Å².